The lowest BCUT2D eigenvalue weighted by molar-refractivity contribution is 0.102. The summed E-state index contributed by atoms with van der Waals surface area (Å²) in [5.41, 5.74) is 0.503. The lowest BCUT2D eigenvalue weighted by Gasteiger charge is -2.12. The van der Waals surface area contributed by atoms with Gasteiger partial charge in [0.15, 0.2) is 0 Å². The van der Waals surface area contributed by atoms with Crippen molar-refractivity contribution in [2.75, 3.05) is 5.32 Å². The molecule has 0 aliphatic rings. The number of benzene rings is 1. The van der Waals surface area contributed by atoms with Crippen LogP contribution >= 0.6 is 23.1 Å². The molecule has 0 radical (unpaired) electrons. The maximum Gasteiger partial charge on any atom is 0.257 e. The van der Waals surface area contributed by atoms with E-state index in [1.54, 1.807) is 30.1 Å². The standard InChI is InChI=1S/C18H18N4OS2/c1-18(2,3)16-21-22-17(25-16)20-15(23)12-7-9-13(10-8-12)24-14-6-4-5-11-19-14/h4-11H,1-3H3,(H,20,22,23). The molecular formula is C18H18N4OS2. The van der Waals surface area contributed by atoms with Crippen LogP contribution in [0, 0.1) is 0 Å². The topological polar surface area (TPSA) is 67.8 Å². The molecule has 1 aromatic carbocycles. The zero-order valence-corrected chi connectivity index (χ0v) is 15.8. The van der Waals surface area contributed by atoms with Crippen LogP contribution in [0.25, 0.3) is 0 Å². The monoisotopic (exact) mass is 370 g/mol. The minimum absolute atomic E-state index is 0.0784. The molecule has 1 amide bonds. The van der Waals surface area contributed by atoms with Crippen molar-refractivity contribution in [3.05, 3.63) is 59.2 Å². The molecule has 0 saturated carbocycles. The smallest absolute Gasteiger partial charge is 0.257 e. The Morgan fingerprint density at radius 3 is 2.44 bits per heavy atom. The highest BCUT2D eigenvalue weighted by molar-refractivity contribution is 7.99. The number of rotatable bonds is 4. The van der Waals surface area contributed by atoms with Crippen LogP contribution in [0.4, 0.5) is 5.13 Å². The van der Waals surface area contributed by atoms with E-state index in [-0.39, 0.29) is 11.3 Å². The highest BCUT2D eigenvalue weighted by atomic mass is 32.2. The van der Waals surface area contributed by atoms with Crippen LogP contribution in [-0.4, -0.2) is 21.1 Å². The van der Waals surface area contributed by atoms with E-state index >= 15 is 0 Å². The third-order valence-electron chi connectivity index (χ3n) is 3.26. The first-order chi connectivity index (χ1) is 11.9. The molecule has 2 aromatic heterocycles. The predicted molar refractivity (Wildman–Crippen MR) is 101 cm³/mol. The second kappa shape index (κ2) is 7.33. The molecule has 0 unspecified atom stereocenters. The van der Waals surface area contributed by atoms with Crippen LogP contribution in [0.15, 0.2) is 58.6 Å². The van der Waals surface area contributed by atoms with Crippen molar-refractivity contribution in [1.29, 1.82) is 0 Å². The fraction of sp³-hybridized carbons (Fsp3) is 0.222. The maximum atomic E-state index is 12.4. The number of aromatic nitrogens is 3. The Kier molecular flexibility index (Phi) is 5.15. The van der Waals surface area contributed by atoms with Crippen LogP contribution in [0.5, 0.6) is 0 Å². The first-order valence-electron chi connectivity index (χ1n) is 7.76. The number of carbonyl (C=O) groups excluding carboxylic acids is 1. The number of anilines is 1. The highest BCUT2D eigenvalue weighted by Crippen LogP contribution is 2.28. The van der Waals surface area contributed by atoms with Crippen LogP contribution in [0.1, 0.15) is 36.1 Å². The molecule has 128 valence electrons. The van der Waals surface area contributed by atoms with E-state index in [9.17, 15) is 4.79 Å². The Bertz CT molecular complexity index is 855. The Hall–Kier alpha value is -2.25. The van der Waals surface area contributed by atoms with Gasteiger partial charge < -0.3 is 0 Å². The molecule has 0 aliphatic heterocycles. The summed E-state index contributed by atoms with van der Waals surface area (Å²) in [6, 6.07) is 13.2. The molecule has 2 heterocycles. The van der Waals surface area contributed by atoms with Crippen LogP contribution in [0.2, 0.25) is 0 Å². The molecule has 0 aliphatic carbocycles. The molecule has 0 fully saturated rings. The molecule has 5 nitrogen and oxygen atoms in total. The lowest BCUT2D eigenvalue weighted by Crippen LogP contribution is -2.11. The Balaban J connectivity index is 1.65. The van der Waals surface area contributed by atoms with Crippen LogP contribution < -0.4 is 5.32 Å². The van der Waals surface area contributed by atoms with Crippen LogP contribution in [-0.2, 0) is 5.41 Å². The van der Waals surface area contributed by atoms with Gasteiger partial charge in [-0.15, -0.1) is 10.2 Å². The van der Waals surface area contributed by atoms with Gasteiger partial charge in [0.05, 0.1) is 0 Å². The molecule has 3 aromatic rings. The molecule has 0 bridgehead atoms. The Morgan fingerprint density at radius 1 is 1.08 bits per heavy atom. The summed E-state index contributed by atoms with van der Waals surface area (Å²) >= 11 is 2.96. The van der Waals surface area contributed by atoms with Crippen LogP contribution in [0.3, 0.4) is 0 Å². The summed E-state index contributed by atoms with van der Waals surface area (Å²) in [6.07, 6.45) is 1.76. The Morgan fingerprint density at radius 2 is 1.84 bits per heavy atom. The second-order valence-electron chi connectivity index (χ2n) is 6.41. The Labute approximate surface area is 154 Å². The van der Waals surface area contributed by atoms with E-state index < -0.39 is 0 Å². The summed E-state index contributed by atoms with van der Waals surface area (Å²) in [5.74, 6) is -0.189. The SMILES string of the molecule is CC(C)(C)c1nnc(NC(=O)c2ccc(Sc3ccccn3)cc2)s1. The van der Waals surface area contributed by atoms with Gasteiger partial charge in [0.1, 0.15) is 10.0 Å². The van der Waals surface area contributed by atoms with E-state index in [1.165, 1.54) is 11.3 Å². The molecular weight excluding hydrogens is 352 g/mol. The van der Waals surface area contributed by atoms with Gasteiger partial charge in [-0.25, -0.2) is 4.98 Å². The van der Waals surface area contributed by atoms with Gasteiger partial charge in [-0.05, 0) is 36.4 Å². The highest BCUT2D eigenvalue weighted by Gasteiger charge is 2.20. The molecule has 0 saturated heterocycles. The van der Waals surface area contributed by atoms with Crippen molar-refractivity contribution in [1.82, 2.24) is 15.2 Å². The van der Waals surface area contributed by atoms with Crippen molar-refractivity contribution in [2.45, 2.75) is 36.1 Å². The van der Waals surface area contributed by atoms with Gasteiger partial charge >= 0.3 is 0 Å². The van der Waals surface area contributed by atoms with Gasteiger partial charge in [0.2, 0.25) is 5.13 Å². The predicted octanol–water partition coefficient (Wildman–Crippen LogP) is 4.63. The van der Waals surface area contributed by atoms with Gasteiger partial charge in [-0.2, -0.15) is 0 Å². The third-order valence-corrected chi connectivity index (χ3v) is 5.49. The summed E-state index contributed by atoms with van der Waals surface area (Å²) in [6.45, 7) is 6.20. The van der Waals surface area contributed by atoms with Crippen molar-refractivity contribution in [2.24, 2.45) is 0 Å². The zero-order chi connectivity index (χ0) is 17.9. The molecule has 3 rings (SSSR count). The first-order valence-corrected chi connectivity index (χ1v) is 9.39. The van der Waals surface area contributed by atoms with Gasteiger partial charge in [-0.3, -0.25) is 10.1 Å². The van der Waals surface area contributed by atoms with Gasteiger partial charge in [0.25, 0.3) is 5.91 Å². The van der Waals surface area contributed by atoms with E-state index in [1.807, 2.05) is 30.3 Å². The fourth-order valence-corrected chi connectivity index (χ4v) is 3.52. The summed E-state index contributed by atoms with van der Waals surface area (Å²) < 4.78 is 0. The number of hydrogen-bond acceptors (Lipinski definition) is 6. The van der Waals surface area contributed by atoms with E-state index in [2.05, 4.69) is 41.3 Å². The van der Waals surface area contributed by atoms with Gasteiger partial charge in [-0.1, -0.05) is 49.9 Å². The van der Waals surface area contributed by atoms with Crippen molar-refractivity contribution >= 4 is 34.1 Å². The van der Waals surface area contributed by atoms with E-state index in [0.717, 1.165) is 14.9 Å². The quantitative estimate of drug-likeness (QED) is 0.725. The molecule has 7 heteroatoms. The molecule has 0 spiro atoms. The minimum Gasteiger partial charge on any atom is -0.296 e. The zero-order valence-electron chi connectivity index (χ0n) is 14.2. The fourth-order valence-electron chi connectivity index (χ4n) is 1.95. The summed E-state index contributed by atoms with van der Waals surface area (Å²) in [7, 11) is 0. The average molecular weight is 371 g/mol. The summed E-state index contributed by atoms with van der Waals surface area (Å²) in [4.78, 5) is 17.7. The minimum atomic E-state index is -0.189. The second-order valence-corrected chi connectivity index (χ2v) is 8.48. The molecule has 1 N–H and O–H groups in total. The molecule has 25 heavy (non-hydrogen) atoms. The number of pyridine rings is 1. The third kappa shape index (κ3) is 4.64. The lowest BCUT2D eigenvalue weighted by atomic mass is 9.98. The average Bonchev–Trinajstić information content (AvgIpc) is 3.05. The maximum absolute atomic E-state index is 12.4. The number of nitrogens with zero attached hydrogens (tertiary/aromatic N) is 3. The van der Waals surface area contributed by atoms with Crippen molar-refractivity contribution < 1.29 is 4.79 Å². The van der Waals surface area contributed by atoms with E-state index in [4.69, 9.17) is 0 Å². The number of nitrogens with one attached hydrogen (secondary N) is 1. The normalized spacial score (nSPS) is 11.3. The number of hydrogen-bond donors (Lipinski definition) is 1. The summed E-state index contributed by atoms with van der Waals surface area (Å²) in [5, 5.41) is 13.3. The number of amides is 1. The first kappa shape index (κ1) is 17.6. The van der Waals surface area contributed by atoms with Gasteiger partial charge in [0, 0.05) is 22.1 Å². The number of carbonyl (C=O) groups is 1. The van der Waals surface area contributed by atoms with Crippen molar-refractivity contribution in [3.63, 3.8) is 0 Å². The molecule has 0 atom stereocenters. The van der Waals surface area contributed by atoms with Crippen molar-refractivity contribution in [3.8, 4) is 0 Å². The largest absolute Gasteiger partial charge is 0.296 e. The van der Waals surface area contributed by atoms with E-state index in [0.29, 0.717) is 10.7 Å².